The Hall–Kier alpha value is -1.71. The van der Waals surface area contributed by atoms with E-state index in [4.69, 9.17) is 4.74 Å². The molecule has 32 heavy (non-hydrogen) atoms. The summed E-state index contributed by atoms with van der Waals surface area (Å²) in [6, 6.07) is 5.18. The lowest BCUT2D eigenvalue weighted by Crippen LogP contribution is -2.21. The average molecular weight is 448 g/mol. The second kappa shape index (κ2) is 17.8. The third-order valence-electron chi connectivity index (χ3n) is 6.35. The van der Waals surface area contributed by atoms with Crippen LogP contribution < -0.4 is 5.32 Å². The Bertz CT molecular complexity index is 615. The Morgan fingerprint density at radius 2 is 1.34 bits per heavy atom. The fourth-order valence-corrected chi connectivity index (χ4v) is 3.74. The van der Waals surface area contributed by atoms with E-state index in [-0.39, 0.29) is 17.8 Å². The van der Waals surface area contributed by atoms with E-state index in [0.717, 1.165) is 12.8 Å². The predicted molar refractivity (Wildman–Crippen MR) is 137 cm³/mol. The van der Waals surface area contributed by atoms with Crippen molar-refractivity contribution in [3.63, 3.8) is 0 Å². The van der Waals surface area contributed by atoms with Crippen LogP contribution in [0, 0.1) is 5.92 Å². The second-order valence-corrected chi connectivity index (χ2v) is 9.64. The van der Waals surface area contributed by atoms with E-state index in [1.54, 1.807) is 12.1 Å². The van der Waals surface area contributed by atoms with Gasteiger partial charge in [-0.1, -0.05) is 104 Å². The van der Waals surface area contributed by atoms with Crippen LogP contribution >= 0.6 is 0 Å². The summed E-state index contributed by atoms with van der Waals surface area (Å²) < 4.78 is 5.38. The van der Waals surface area contributed by atoms with Crippen LogP contribution in [-0.2, 0) is 4.74 Å². The summed E-state index contributed by atoms with van der Waals surface area (Å²) in [4.78, 5) is 12.2. The number of nitrogens with one attached hydrogen (secondary N) is 1. The first kappa shape index (κ1) is 28.3. The van der Waals surface area contributed by atoms with Crippen molar-refractivity contribution in [2.24, 2.45) is 5.92 Å². The highest BCUT2D eigenvalue weighted by Gasteiger charge is 2.13. The van der Waals surface area contributed by atoms with Crippen molar-refractivity contribution in [2.75, 3.05) is 11.9 Å². The molecule has 0 spiro atoms. The third-order valence-corrected chi connectivity index (χ3v) is 6.35. The van der Waals surface area contributed by atoms with Crippen molar-refractivity contribution in [3.05, 3.63) is 23.8 Å². The second-order valence-electron chi connectivity index (χ2n) is 9.64. The van der Waals surface area contributed by atoms with E-state index in [9.17, 15) is 9.90 Å². The minimum Gasteiger partial charge on any atom is -0.506 e. The molecule has 0 amide bonds. The lowest BCUT2D eigenvalue weighted by molar-refractivity contribution is 0.0497. The molecule has 1 aromatic carbocycles. The number of hydrogen-bond acceptors (Lipinski definition) is 4. The van der Waals surface area contributed by atoms with Gasteiger partial charge in [0.05, 0.1) is 17.9 Å². The van der Waals surface area contributed by atoms with Gasteiger partial charge < -0.3 is 15.2 Å². The molecule has 0 saturated carbocycles. The molecule has 2 N–H and O–H groups in total. The SMILES string of the molecule is CCCCCCCCCCCCCCCCOC(=O)c1ccc(NC(C)C(C)C)c(O)c1. The zero-order chi connectivity index (χ0) is 23.6. The number of phenols is 1. The van der Waals surface area contributed by atoms with Crippen molar-refractivity contribution in [1.29, 1.82) is 0 Å². The van der Waals surface area contributed by atoms with Crippen molar-refractivity contribution in [2.45, 2.75) is 124 Å². The summed E-state index contributed by atoms with van der Waals surface area (Å²) in [7, 11) is 0. The molecule has 0 aromatic heterocycles. The number of carbonyl (C=O) groups excluding carboxylic acids is 1. The highest BCUT2D eigenvalue weighted by molar-refractivity contribution is 5.90. The molecule has 0 radical (unpaired) electrons. The fraction of sp³-hybridized carbons (Fsp3) is 0.750. The molecule has 0 saturated heterocycles. The zero-order valence-electron chi connectivity index (χ0n) is 21.3. The molecule has 4 heteroatoms. The molecule has 1 aromatic rings. The van der Waals surface area contributed by atoms with E-state index in [1.165, 1.54) is 83.1 Å². The number of benzene rings is 1. The lowest BCUT2D eigenvalue weighted by Gasteiger charge is -2.19. The van der Waals surface area contributed by atoms with E-state index in [2.05, 4.69) is 33.0 Å². The highest BCUT2D eigenvalue weighted by atomic mass is 16.5. The Kier molecular flexibility index (Phi) is 15.8. The average Bonchev–Trinajstić information content (AvgIpc) is 2.77. The van der Waals surface area contributed by atoms with Crippen molar-refractivity contribution < 1.29 is 14.6 Å². The molecule has 4 nitrogen and oxygen atoms in total. The normalized spacial score (nSPS) is 12.2. The smallest absolute Gasteiger partial charge is 0.338 e. The van der Waals surface area contributed by atoms with Gasteiger partial charge >= 0.3 is 5.97 Å². The predicted octanol–water partition coefficient (Wildman–Crippen LogP) is 8.49. The summed E-state index contributed by atoms with van der Waals surface area (Å²) in [6.07, 6.45) is 18.3. The number of unbranched alkanes of at least 4 members (excludes halogenated alkanes) is 13. The fourth-order valence-electron chi connectivity index (χ4n) is 3.74. The summed E-state index contributed by atoms with van der Waals surface area (Å²) in [5, 5.41) is 13.5. The largest absolute Gasteiger partial charge is 0.506 e. The summed E-state index contributed by atoms with van der Waals surface area (Å²) in [5.41, 5.74) is 1.05. The number of rotatable bonds is 19. The molecular weight excluding hydrogens is 398 g/mol. The van der Waals surface area contributed by atoms with Gasteiger partial charge in [-0.25, -0.2) is 4.79 Å². The monoisotopic (exact) mass is 447 g/mol. The Morgan fingerprint density at radius 3 is 1.81 bits per heavy atom. The molecule has 1 atom stereocenters. The van der Waals surface area contributed by atoms with Crippen LogP contribution in [0.1, 0.15) is 128 Å². The van der Waals surface area contributed by atoms with Crippen LogP contribution in [0.3, 0.4) is 0 Å². The van der Waals surface area contributed by atoms with Crippen LogP contribution in [0.4, 0.5) is 5.69 Å². The van der Waals surface area contributed by atoms with Gasteiger partial charge in [-0.3, -0.25) is 0 Å². The summed E-state index contributed by atoms with van der Waals surface area (Å²) in [5.74, 6) is 0.172. The minimum atomic E-state index is -0.363. The molecule has 1 rings (SSSR count). The maximum Gasteiger partial charge on any atom is 0.338 e. The number of esters is 1. The molecule has 1 unspecified atom stereocenters. The zero-order valence-corrected chi connectivity index (χ0v) is 21.3. The van der Waals surface area contributed by atoms with Crippen molar-refractivity contribution in [1.82, 2.24) is 0 Å². The maximum absolute atomic E-state index is 12.2. The number of ether oxygens (including phenoxy) is 1. The first-order valence-corrected chi connectivity index (χ1v) is 13.2. The molecule has 0 aliphatic rings. The van der Waals surface area contributed by atoms with Gasteiger partial charge in [0.25, 0.3) is 0 Å². The summed E-state index contributed by atoms with van der Waals surface area (Å²) >= 11 is 0. The van der Waals surface area contributed by atoms with Crippen LogP contribution in [0.5, 0.6) is 5.75 Å². The van der Waals surface area contributed by atoms with Crippen LogP contribution in [0.2, 0.25) is 0 Å². The van der Waals surface area contributed by atoms with E-state index in [0.29, 0.717) is 23.8 Å². The molecule has 0 fully saturated rings. The first-order chi connectivity index (χ1) is 15.5. The van der Waals surface area contributed by atoms with Crippen LogP contribution in [-0.4, -0.2) is 23.7 Å². The van der Waals surface area contributed by atoms with E-state index >= 15 is 0 Å². The van der Waals surface area contributed by atoms with E-state index < -0.39 is 0 Å². The maximum atomic E-state index is 12.2. The van der Waals surface area contributed by atoms with Gasteiger partial charge in [-0.15, -0.1) is 0 Å². The molecular formula is C28H49NO3. The number of anilines is 1. The topological polar surface area (TPSA) is 58.6 Å². The van der Waals surface area contributed by atoms with Gasteiger partial charge in [0.1, 0.15) is 5.75 Å². The molecule has 0 aliphatic carbocycles. The van der Waals surface area contributed by atoms with Gasteiger partial charge in [0.15, 0.2) is 0 Å². The van der Waals surface area contributed by atoms with Gasteiger partial charge in [-0.2, -0.15) is 0 Å². The standard InChI is InChI=1S/C28H49NO3/c1-5-6-7-8-9-10-11-12-13-14-15-16-17-18-21-32-28(31)25-19-20-26(27(30)22-25)29-24(4)23(2)3/h19-20,22-24,29-30H,5-18,21H2,1-4H3. The number of carbonyl (C=O) groups is 1. The van der Waals surface area contributed by atoms with Crippen LogP contribution in [0.15, 0.2) is 18.2 Å². The quantitative estimate of drug-likeness (QED) is 0.127. The van der Waals surface area contributed by atoms with Crippen molar-refractivity contribution >= 4 is 11.7 Å². The van der Waals surface area contributed by atoms with Gasteiger partial charge in [0.2, 0.25) is 0 Å². The molecule has 0 heterocycles. The summed E-state index contributed by atoms with van der Waals surface area (Å²) in [6.45, 7) is 9.03. The third kappa shape index (κ3) is 13.0. The number of hydrogen-bond donors (Lipinski definition) is 2. The number of aromatic hydroxyl groups is 1. The molecule has 0 bridgehead atoms. The highest BCUT2D eigenvalue weighted by Crippen LogP contribution is 2.26. The lowest BCUT2D eigenvalue weighted by atomic mass is 10.0. The number of phenolic OH excluding ortho intramolecular Hbond substituents is 1. The van der Waals surface area contributed by atoms with Crippen LogP contribution in [0.25, 0.3) is 0 Å². The van der Waals surface area contributed by atoms with E-state index in [1.807, 2.05) is 0 Å². The Balaban J connectivity index is 2.04. The minimum absolute atomic E-state index is 0.0865. The molecule has 184 valence electrons. The first-order valence-electron chi connectivity index (χ1n) is 13.2. The Labute approximate surface area is 197 Å². The Morgan fingerprint density at radius 1 is 0.844 bits per heavy atom. The van der Waals surface area contributed by atoms with Crippen molar-refractivity contribution in [3.8, 4) is 5.75 Å². The van der Waals surface area contributed by atoms with Gasteiger partial charge in [0, 0.05) is 6.04 Å². The molecule has 0 aliphatic heterocycles. The van der Waals surface area contributed by atoms with Gasteiger partial charge in [-0.05, 0) is 37.5 Å².